The molecule has 0 saturated heterocycles. The van der Waals surface area contributed by atoms with Crippen LogP contribution in [0.15, 0.2) is 29.3 Å². The van der Waals surface area contributed by atoms with Crippen LogP contribution in [0.25, 0.3) is 0 Å². The lowest BCUT2D eigenvalue weighted by Gasteiger charge is -2.14. The lowest BCUT2D eigenvalue weighted by molar-refractivity contribution is -0.0504. The lowest BCUT2D eigenvalue weighted by Crippen LogP contribution is -2.36. The number of rotatable bonds is 6. The third kappa shape index (κ3) is 6.73. The number of hydrogen-bond acceptors (Lipinski definition) is 4. The molecule has 2 aromatic rings. The third-order valence-electron chi connectivity index (χ3n) is 3.27. The van der Waals surface area contributed by atoms with Crippen LogP contribution in [0, 0.1) is 13.8 Å². The first-order valence-corrected chi connectivity index (χ1v) is 8.21. The first kappa shape index (κ1) is 21.6. The summed E-state index contributed by atoms with van der Waals surface area (Å²) in [5.74, 6) is 0.733. The average molecular weight is 482 g/mol. The molecule has 0 spiro atoms. The maximum absolute atomic E-state index is 12.4. The van der Waals surface area contributed by atoms with Gasteiger partial charge in [-0.15, -0.1) is 35.3 Å². The number of nitrogens with one attached hydrogen (secondary N) is 2. The molecule has 0 fully saturated rings. The molecule has 0 bridgehead atoms. The Morgan fingerprint density at radius 2 is 1.92 bits per heavy atom. The predicted octanol–water partition coefficient (Wildman–Crippen LogP) is 3.84. The normalized spacial score (nSPS) is 11.2. The Hall–Kier alpha value is -1.49. The van der Waals surface area contributed by atoms with Crippen molar-refractivity contribution in [2.24, 2.45) is 4.99 Å². The fraction of sp³-hybridized carbons (Fsp3) is 0.375. The highest BCUT2D eigenvalue weighted by molar-refractivity contribution is 14.0. The van der Waals surface area contributed by atoms with Crippen LogP contribution < -0.4 is 15.4 Å². The van der Waals surface area contributed by atoms with Crippen molar-refractivity contribution in [2.75, 3.05) is 7.05 Å². The van der Waals surface area contributed by atoms with Gasteiger partial charge in [-0.3, -0.25) is 4.99 Å². The summed E-state index contributed by atoms with van der Waals surface area (Å²) >= 11 is 1.63. The minimum atomic E-state index is -2.85. The third-order valence-corrected chi connectivity index (χ3v) is 4.35. The first-order valence-electron chi connectivity index (χ1n) is 7.39. The molecule has 2 rings (SSSR count). The predicted molar refractivity (Wildman–Crippen MR) is 107 cm³/mol. The second kappa shape index (κ2) is 10.5. The number of alkyl halides is 2. The Kier molecular flexibility index (Phi) is 9.04. The van der Waals surface area contributed by atoms with E-state index >= 15 is 0 Å². The van der Waals surface area contributed by atoms with Crippen LogP contribution in [-0.4, -0.2) is 24.6 Å². The van der Waals surface area contributed by atoms with E-state index in [9.17, 15) is 8.78 Å². The summed E-state index contributed by atoms with van der Waals surface area (Å²) in [6.07, 6.45) is 0. The number of halogens is 3. The highest BCUT2D eigenvalue weighted by Gasteiger charge is 2.10. The molecule has 0 atom stereocenters. The number of aromatic nitrogens is 1. The van der Waals surface area contributed by atoms with Gasteiger partial charge in [0.05, 0.1) is 17.2 Å². The number of aryl methyl sites for hydroxylation is 2. The van der Waals surface area contributed by atoms with Crippen LogP contribution in [-0.2, 0) is 13.1 Å². The summed E-state index contributed by atoms with van der Waals surface area (Å²) in [7, 11) is 1.65. The van der Waals surface area contributed by atoms with Gasteiger partial charge in [0.1, 0.15) is 5.75 Å². The number of aliphatic imine (C=N–C) groups is 1. The van der Waals surface area contributed by atoms with Crippen molar-refractivity contribution in [1.82, 2.24) is 15.6 Å². The molecule has 9 heteroatoms. The van der Waals surface area contributed by atoms with Crippen LogP contribution in [0.3, 0.4) is 0 Å². The molecule has 0 amide bonds. The van der Waals surface area contributed by atoms with Gasteiger partial charge >= 0.3 is 6.61 Å². The number of thiazole rings is 1. The summed E-state index contributed by atoms with van der Waals surface area (Å²) in [5, 5.41) is 7.30. The number of ether oxygens (including phenoxy) is 1. The van der Waals surface area contributed by atoms with Crippen molar-refractivity contribution >= 4 is 41.3 Å². The van der Waals surface area contributed by atoms with Crippen LogP contribution in [0.4, 0.5) is 8.78 Å². The number of benzene rings is 1. The molecule has 0 aliphatic heterocycles. The van der Waals surface area contributed by atoms with E-state index < -0.39 is 6.61 Å². The van der Waals surface area contributed by atoms with Crippen molar-refractivity contribution in [2.45, 2.75) is 33.5 Å². The summed E-state index contributed by atoms with van der Waals surface area (Å²) in [6, 6.07) is 6.68. The second-order valence-electron chi connectivity index (χ2n) is 5.01. The van der Waals surface area contributed by atoms with Crippen molar-refractivity contribution < 1.29 is 13.5 Å². The standard InChI is InChI=1S/C16H20F2N4OS.HI/c1-10-14(24-11(2)22-10)9-21-16(19-3)20-8-12-6-4-5-7-13(12)23-15(17)18;/h4-7,15H,8-9H2,1-3H3,(H2,19,20,21);1H. The Morgan fingerprint density at radius 3 is 2.52 bits per heavy atom. The van der Waals surface area contributed by atoms with Gasteiger partial charge in [0.25, 0.3) is 0 Å². The zero-order valence-electron chi connectivity index (χ0n) is 14.2. The molecule has 1 aromatic heterocycles. The van der Waals surface area contributed by atoms with Gasteiger partial charge in [-0.1, -0.05) is 18.2 Å². The highest BCUT2D eigenvalue weighted by atomic mass is 127. The zero-order valence-corrected chi connectivity index (χ0v) is 17.3. The molecule has 1 heterocycles. The van der Waals surface area contributed by atoms with Crippen molar-refractivity contribution in [3.63, 3.8) is 0 Å². The smallest absolute Gasteiger partial charge is 0.387 e. The van der Waals surface area contributed by atoms with E-state index in [1.54, 1.807) is 36.6 Å². The topological polar surface area (TPSA) is 58.5 Å². The number of nitrogens with zero attached hydrogens (tertiary/aromatic N) is 2. The number of guanidine groups is 1. The minimum Gasteiger partial charge on any atom is -0.434 e. The van der Waals surface area contributed by atoms with E-state index in [4.69, 9.17) is 0 Å². The molecule has 0 aliphatic rings. The van der Waals surface area contributed by atoms with Gasteiger partial charge in [0.2, 0.25) is 0 Å². The van der Waals surface area contributed by atoms with Crippen LogP contribution in [0.1, 0.15) is 21.1 Å². The maximum atomic E-state index is 12.4. The number of hydrogen-bond donors (Lipinski definition) is 2. The molecule has 138 valence electrons. The van der Waals surface area contributed by atoms with Crippen molar-refractivity contribution in [3.05, 3.63) is 45.4 Å². The summed E-state index contributed by atoms with van der Waals surface area (Å²) in [5.41, 5.74) is 1.63. The van der Waals surface area contributed by atoms with E-state index in [1.807, 2.05) is 13.8 Å². The van der Waals surface area contributed by atoms with Gasteiger partial charge in [-0.25, -0.2) is 4.98 Å². The molecule has 0 saturated carbocycles. The average Bonchev–Trinajstić information content (AvgIpc) is 2.86. The Bertz CT molecular complexity index is 709. The van der Waals surface area contributed by atoms with Crippen LogP contribution in [0.5, 0.6) is 5.75 Å². The molecule has 0 unspecified atom stereocenters. The van der Waals surface area contributed by atoms with Gasteiger partial charge < -0.3 is 15.4 Å². The van der Waals surface area contributed by atoms with Crippen LogP contribution in [0.2, 0.25) is 0 Å². The Labute approximate surface area is 166 Å². The van der Waals surface area contributed by atoms with E-state index in [1.165, 1.54) is 6.07 Å². The first-order chi connectivity index (χ1) is 11.5. The molecular weight excluding hydrogens is 461 g/mol. The second-order valence-corrected chi connectivity index (χ2v) is 6.29. The summed E-state index contributed by atoms with van der Waals surface area (Å²) in [4.78, 5) is 9.65. The molecule has 25 heavy (non-hydrogen) atoms. The molecule has 1 aromatic carbocycles. The zero-order chi connectivity index (χ0) is 17.5. The monoisotopic (exact) mass is 482 g/mol. The van der Waals surface area contributed by atoms with Gasteiger partial charge in [0, 0.05) is 24.0 Å². The van der Waals surface area contributed by atoms with Crippen LogP contribution >= 0.6 is 35.3 Å². The fourth-order valence-corrected chi connectivity index (χ4v) is 3.04. The molecule has 2 N–H and O–H groups in total. The Balaban J connectivity index is 0.00000312. The van der Waals surface area contributed by atoms with Crippen molar-refractivity contribution in [3.8, 4) is 5.75 Å². The highest BCUT2D eigenvalue weighted by Crippen LogP contribution is 2.20. The largest absolute Gasteiger partial charge is 0.434 e. The van der Waals surface area contributed by atoms with Gasteiger partial charge in [-0.2, -0.15) is 8.78 Å². The SMILES string of the molecule is CN=C(NCc1ccccc1OC(F)F)NCc1sc(C)nc1C.I. The van der Waals surface area contributed by atoms with E-state index in [2.05, 4.69) is 25.3 Å². The Morgan fingerprint density at radius 1 is 1.24 bits per heavy atom. The maximum Gasteiger partial charge on any atom is 0.387 e. The fourth-order valence-electron chi connectivity index (χ4n) is 2.16. The minimum absolute atomic E-state index is 0. The lowest BCUT2D eigenvalue weighted by atomic mass is 10.2. The van der Waals surface area contributed by atoms with E-state index in [0.29, 0.717) is 24.6 Å². The number of para-hydroxylation sites is 1. The quantitative estimate of drug-likeness (QED) is 0.373. The molecule has 0 aliphatic carbocycles. The summed E-state index contributed by atoms with van der Waals surface area (Å²) < 4.78 is 29.4. The summed E-state index contributed by atoms with van der Waals surface area (Å²) in [6.45, 7) is 2.01. The van der Waals surface area contributed by atoms with Gasteiger partial charge in [-0.05, 0) is 19.9 Å². The van der Waals surface area contributed by atoms with E-state index in [0.717, 1.165) is 15.6 Å². The van der Waals surface area contributed by atoms with E-state index in [-0.39, 0.29) is 29.7 Å². The van der Waals surface area contributed by atoms with Crippen molar-refractivity contribution in [1.29, 1.82) is 0 Å². The molecule has 0 radical (unpaired) electrons. The molecule has 5 nitrogen and oxygen atoms in total. The van der Waals surface area contributed by atoms with Gasteiger partial charge in [0.15, 0.2) is 5.96 Å². The molecular formula is C16H21F2IN4OS.